The van der Waals surface area contributed by atoms with E-state index < -0.39 is 26.8 Å². The summed E-state index contributed by atoms with van der Waals surface area (Å²) >= 11 is 0. The first-order chi connectivity index (χ1) is 22.0. The van der Waals surface area contributed by atoms with Crippen LogP contribution in [0, 0.1) is 0 Å². The second-order valence-electron chi connectivity index (χ2n) is 11.5. The normalized spacial score (nSPS) is 13.8. The molecule has 12 heteroatoms. The van der Waals surface area contributed by atoms with Gasteiger partial charge in [-0.1, -0.05) is 12.1 Å². The SMILES string of the molecule is CN(C)c1ccc2c(c1)Oc1cc(N(C)C)ccc1C21OC(=O)c2cc(C(=O)NCCc3ccc(OP(O)O)c(CF)c3)ccc21. The van der Waals surface area contributed by atoms with Crippen LogP contribution in [-0.2, 0) is 23.4 Å². The van der Waals surface area contributed by atoms with Crippen LogP contribution in [0.25, 0.3) is 0 Å². The highest BCUT2D eigenvalue weighted by atomic mass is 31.2. The monoisotopic (exact) mass is 645 g/mol. The van der Waals surface area contributed by atoms with Crippen LogP contribution in [0.4, 0.5) is 15.8 Å². The molecule has 4 aromatic carbocycles. The van der Waals surface area contributed by atoms with Gasteiger partial charge in [-0.2, -0.15) is 0 Å². The van der Waals surface area contributed by atoms with Crippen LogP contribution >= 0.6 is 8.60 Å². The van der Waals surface area contributed by atoms with Crippen molar-refractivity contribution in [2.24, 2.45) is 0 Å². The maximum atomic E-state index is 13.6. The van der Waals surface area contributed by atoms with Gasteiger partial charge in [-0.25, -0.2) is 9.18 Å². The average Bonchev–Trinajstić information content (AvgIpc) is 3.32. The van der Waals surface area contributed by atoms with Crippen molar-refractivity contribution in [3.05, 3.63) is 112 Å². The minimum atomic E-state index is -2.66. The fourth-order valence-corrected chi connectivity index (χ4v) is 6.25. The van der Waals surface area contributed by atoms with E-state index in [0.29, 0.717) is 40.2 Å². The summed E-state index contributed by atoms with van der Waals surface area (Å²) in [7, 11) is 5.09. The van der Waals surface area contributed by atoms with E-state index in [2.05, 4.69) is 5.32 Å². The molecule has 1 amide bonds. The fraction of sp³-hybridized carbons (Fsp3) is 0.235. The maximum Gasteiger partial charge on any atom is 0.391 e. The summed E-state index contributed by atoms with van der Waals surface area (Å²) in [5, 5.41) is 2.85. The molecule has 0 bridgehead atoms. The Morgan fingerprint density at radius 2 is 1.52 bits per heavy atom. The molecule has 0 saturated heterocycles. The lowest BCUT2D eigenvalue weighted by molar-refractivity contribution is 0.0224. The molecule has 6 rings (SSSR count). The van der Waals surface area contributed by atoms with Gasteiger partial charge in [0.05, 0.1) is 5.56 Å². The third kappa shape index (κ3) is 5.51. The second-order valence-corrected chi connectivity index (χ2v) is 12.2. The lowest BCUT2D eigenvalue weighted by Gasteiger charge is -2.37. The van der Waals surface area contributed by atoms with Gasteiger partial charge in [-0.05, 0) is 60.5 Å². The molecule has 1 spiro atoms. The fourth-order valence-electron chi connectivity index (χ4n) is 5.90. The Morgan fingerprint density at radius 3 is 2.11 bits per heavy atom. The number of anilines is 2. The molecule has 10 nitrogen and oxygen atoms in total. The molecule has 0 atom stereocenters. The van der Waals surface area contributed by atoms with E-state index in [9.17, 15) is 14.0 Å². The van der Waals surface area contributed by atoms with Gasteiger partial charge >= 0.3 is 14.6 Å². The molecule has 2 aliphatic rings. The number of nitrogens with zero attached hydrogens (tertiary/aromatic N) is 2. The highest BCUT2D eigenvalue weighted by Crippen LogP contribution is 2.57. The molecule has 0 aromatic heterocycles. The molecule has 0 radical (unpaired) electrons. The number of fused-ring (bicyclic) bond motifs is 6. The number of amides is 1. The van der Waals surface area contributed by atoms with Crippen molar-refractivity contribution in [2.75, 3.05) is 44.5 Å². The van der Waals surface area contributed by atoms with Gasteiger partial charge in [0.25, 0.3) is 5.91 Å². The number of hydrogen-bond acceptors (Lipinski definition) is 9. The third-order valence-corrected chi connectivity index (χ3v) is 8.58. The number of benzene rings is 4. The number of esters is 1. The molecular formula is C34H33FN3O7P. The number of alkyl halides is 1. The summed E-state index contributed by atoms with van der Waals surface area (Å²) in [6.45, 7) is -0.608. The zero-order valence-corrected chi connectivity index (χ0v) is 26.6. The Hall–Kier alpha value is -4.70. The smallest absolute Gasteiger partial charge is 0.391 e. The van der Waals surface area contributed by atoms with E-state index in [4.69, 9.17) is 23.8 Å². The predicted molar refractivity (Wildman–Crippen MR) is 173 cm³/mol. The zero-order chi connectivity index (χ0) is 32.7. The minimum Gasteiger partial charge on any atom is -0.456 e. The Balaban J connectivity index is 1.29. The summed E-state index contributed by atoms with van der Waals surface area (Å²) in [5.74, 6) is 0.266. The molecule has 0 fully saturated rings. The summed E-state index contributed by atoms with van der Waals surface area (Å²) in [6.07, 6.45) is 0.388. The largest absolute Gasteiger partial charge is 0.456 e. The first kappa shape index (κ1) is 31.3. The van der Waals surface area contributed by atoms with Crippen LogP contribution < -0.4 is 24.4 Å². The van der Waals surface area contributed by atoms with Gasteiger partial charge in [0, 0.05) is 86.1 Å². The first-order valence-electron chi connectivity index (χ1n) is 14.5. The number of rotatable bonds is 9. The van der Waals surface area contributed by atoms with Gasteiger partial charge in [-0.3, -0.25) is 4.79 Å². The van der Waals surface area contributed by atoms with Crippen molar-refractivity contribution in [2.45, 2.75) is 18.7 Å². The van der Waals surface area contributed by atoms with E-state index in [1.807, 2.05) is 74.4 Å². The number of nitrogens with one attached hydrogen (secondary N) is 1. The Labute approximate surface area is 266 Å². The lowest BCUT2D eigenvalue weighted by atomic mass is 9.77. The predicted octanol–water partition coefficient (Wildman–Crippen LogP) is 5.42. The van der Waals surface area contributed by atoms with Crippen molar-refractivity contribution in [3.8, 4) is 17.2 Å². The van der Waals surface area contributed by atoms with E-state index in [0.717, 1.165) is 16.9 Å². The van der Waals surface area contributed by atoms with Gasteiger partial charge < -0.3 is 38.9 Å². The van der Waals surface area contributed by atoms with Crippen LogP contribution in [0.3, 0.4) is 0 Å². The number of ether oxygens (including phenoxy) is 2. The molecule has 2 aliphatic heterocycles. The number of carbonyl (C=O) groups excluding carboxylic acids is 2. The molecule has 0 unspecified atom stereocenters. The topological polar surface area (TPSA) is 121 Å². The van der Waals surface area contributed by atoms with E-state index in [1.165, 1.54) is 6.07 Å². The zero-order valence-electron chi connectivity index (χ0n) is 25.7. The molecular weight excluding hydrogens is 612 g/mol. The second kappa shape index (κ2) is 12.2. The summed E-state index contributed by atoms with van der Waals surface area (Å²) in [5.41, 5.74) is 4.05. The summed E-state index contributed by atoms with van der Waals surface area (Å²) < 4.78 is 31.0. The molecule has 3 N–H and O–H groups in total. The lowest BCUT2D eigenvalue weighted by Crippen LogP contribution is -2.33. The van der Waals surface area contributed by atoms with Crippen LogP contribution in [0.2, 0.25) is 0 Å². The number of carbonyl (C=O) groups is 2. The maximum absolute atomic E-state index is 13.6. The van der Waals surface area contributed by atoms with Gasteiger partial charge in [0.2, 0.25) is 0 Å². The Bertz CT molecular complexity index is 1790. The van der Waals surface area contributed by atoms with Crippen molar-refractivity contribution in [3.63, 3.8) is 0 Å². The van der Waals surface area contributed by atoms with E-state index in [1.54, 1.807) is 30.3 Å². The molecule has 0 saturated carbocycles. The van der Waals surface area contributed by atoms with Gasteiger partial charge in [0.1, 0.15) is 23.9 Å². The van der Waals surface area contributed by atoms with Crippen LogP contribution in [0.15, 0.2) is 72.8 Å². The molecule has 2 heterocycles. The van der Waals surface area contributed by atoms with Crippen molar-refractivity contribution in [1.29, 1.82) is 0 Å². The molecule has 238 valence electrons. The Morgan fingerprint density at radius 1 is 0.891 bits per heavy atom. The first-order valence-corrected chi connectivity index (χ1v) is 15.7. The van der Waals surface area contributed by atoms with Gasteiger partial charge in [-0.15, -0.1) is 0 Å². The molecule has 46 heavy (non-hydrogen) atoms. The highest BCUT2D eigenvalue weighted by Gasteiger charge is 2.53. The standard InChI is InChI=1S/C34H33FN3O7P/c1-37(2)23-7-10-27-30(17-23)43-31-18-24(38(3)4)8-11-28(31)34(27)26-9-6-21(16-25(26)33(40)44-34)32(39)36-14-13-20-5-12-29(45-46(41)42)22(15-20)19-35/h5-12,15-18,41-42H,13-14,19H2,1-4H3,(H,36,39). The number of halogens is 1. The Kier molecular flexibility index (Phi) is 8.33. The summed E-state index contributed by atoms with van der Waals surface area (Å²) in [4.78, 5) is 48.8. The minimum absolute atomic E-state index is 0.0558. The van der Waals surface area contributed by atoms with E-state index in [-0.39, 0.29) is 29.3 Å². The van der Waals surface area contributed by atoms with E-state index >= 15 is 0 Å². The number of hydrogen-bond donors (Lipinski definition) is 3. The van der Waals surface area contributed by atoms with Crippen molar-refractivity contribution >= 4 is 31.9 Å². The van der Waals surface area contributed by atoms with Crippen LogP contribution in [0.5, 0.6) is 17.2 Å². The van der Waals surface area contributed by atoms with Crippen LogP contribution in [0.1, 0.15) is 48.5 Å². The third-order valence-electron chi connectivity index (χ3n) is 8.22. The average molecular weight is 646 g/mol. The van der Waals surface area contributed by atoms with Crippen molar-refractivity contribution in [1.82, 2.24) is 5.32 Å². The summed E-state index contributed by atoms with van der Waals surface area (Å²) in [6, 6.07) is 21.2. The molecule has 4 aromatic rings. The molecule has 0 aliphatic carbocycles. The highest BCUT2D eigenvalue weighted by molar-refractivity contribution is 7.39. The quantitative estimate of drug-likeness (QED) is 0.162. The van der Waals surface area contributed by atoms with Crippen molar-refractivity contribution < 1.29 is 37.8 Å². The van der Waals surface area contributed by atoms with Gasteiger partial charge in [0.15, 0.2) is 5.60 Å². The van der Waals surface area contributed by atoms with Crippen LogP contribution in [-0.4, -0.2) is 56.4 Å².